The molecule has 1 fully saturated rings. The standard InChI is InChI=1S/C13H17N3O4S2/c1-9(10-3-6-21-8-10)12-14-15-13(20-12)11-7-16(4-5-19-11)22(2,17)18/h3,6,8-9,11H,4-5,7H2,1-2H3. The Kier molecular flexibility index (Phi) is 4.31. The number of ether oxygens (including phenoxy) is 1. The van der Waals surface area contributed by atoms with E-state index in [-0.39, 0.29) is 12.5 Å². The highest BCUT2D eigenvalue weighted by Crippen LogP contribution is 2.28. The average molecular weight is 343 g/mol. The molecule has 2 aromatic heterocycles. The van der Waals surface area contributed by atoms with Crippen molar-refractivity contribution in [3.63, 3.8) is 0 Å². The van der Waals surface area contributed by atoms with Crippen LogP contribution in [0.3, 0.4) is 0 Å². The molecule has 9 heteroatoms. The monoisotopic (exact) mass is 343 g/mol. The Labute approximate surface area is 133 Å². The van der Waals surface area contributed by atoms with E-state index < -0.39 is 16.1 Å². The normalized spacial score (nSPS) is 21.8. The Morgan fingerprint density at radius 1 is 1.45 bits per heavy atom. The van der Waals surface area contributed by atoms with Crippen molar-refractivity contribution in [2.75, 3.05) is 26.0 Å². The van der Waals surface area contributed by atoms with Gasteiger partial charge in [-0.05, 0) is 29.3 Å². The van der Waals surface area contributed by atoms with E-state index in [1.807, 2.05) is 23.8 Å². The largest absolute Gasteiger partial charge is 0.422 e. The lowest BCUT2D eigenvalue weighted by Crippen LogP contribution is -2.41. The van der Waals surface area contributed by atoms with E-state index in [1.165, 1.54) is 10.6 Å². The molecular weight excluding hydrogens is 326 g/mol. The summed E-state index contributed by atoms with van der Waals surface area (Å²) in [7, 11) is -3.25. The third kappa shape index (κ3) is 3.22. The van der Waals surface area contributed by atoms with Crippen LogP contribution in [-0.2, 0) is 14.8 Å². The topological polar surface area (TPSA) is 85.5 Å². The minimum atomic E-state index is -3.25. The molecule has 22 heavy (non-hydrogen) atoms. The van der Waals surface area contributed by atoms with Crippen LogP contribution in [0.4, 0.5) is 0 Å². The number of hydrogen-bond donors (Lipinski definition) is 0. The van der Waals surface area contributed by atoms with Crippen molar-refractivity contribution in [3.8, 4) is 0 Å². The number of rotatable bonds is 4. The molecule has 2 atom stereocenters. The molecule has 2 unspecified atom stereocenters. The fourth-order valence-corrected chi connectivity index (χ4v) is 3.86. The second-order valence-electron chi connectivity index (χ2n) is 5.24. The number of nitrogens with zero attached hydrogens (tertiary/aromatic N) is 3. The zero-order chi connectivity index (χ0) is 15.7. The molecular formula is C13H17N3O4S2. The average Bonchev–Trinajstić information content (AvgIpc) is 3.17. The maximum Gasteiger partial charge on any atom is 0.246 e. The molecule has 7 nitrogen and oxygen atoms in total. The van der Waals surface area contributed by atoms with Gasteiger partial charge in [-0.3, -0.25) is 0 Å². The molecule has 0 saturated carbocycles. The fraction of sp³-hybridized carbons (Fsp3) is 0.538. The zero-order valence-corrected chi connectivity index (χ0v) is 13.9. The third-order valence-electron chi connectivity index (χ3n) is 3.64. The summed E-state index contributed by atoms with van der Waals surface area (Å²) in [5, 5.41) is 12.1. The quantitative estimate of drug-likeness (QED) is 0.838. The van der Waals surface area contributed by atoms with Gasteiger partial charge in [-0.15, -0.1) is 10.2 Å². The van der Waals surface area contributed by atoms with Gasteiger partial charge in [-0.25, -0.2) is 8.42 Å². The van der Waals surface area contributed by atoms with Gasteiger partial charge in [0.2, 0.25) is 21.8 Å². The Morgan fingerprint density at radius 2 is 2.27 bits per heavy atom. The van der Waals surface area contributed by atoms with Crippen LogP contribution in [0.1, 0.15) is 36.3 Å². The van der Waals surface area contributed by atoms with Gasteiger partial charge in [-0.1, -0.05) is 0 Å². The van der Waals surface area contributed by atoms with E-state index in [1.54, 1.807) is 11.3 Å². The van der Waals surface area contributed by atoms with Gasteiger partial charge in [0.1, 0.15) is 6.10 Å². The lowest BCUT2D eigenvalue weighted by molar-refractivity contribution is -0.0176. The highest BCUT2D eigenvalue weighted by molar-refractivity contribution is 7.88. The molecule has 0 bridgehead atoms. The van der Waals surface area contributed by atoms with Crippen molar-refractivity contribution in [1.29, 1.82) is 0 Å². The van der Waals surface area contributed by atoms with Gasteiger partial charge in [0, 0.05) is 13.1 Å². The lowest BCUT2D eigenvalue weighted by Gasteiger charge is -2.29. The smallest absolute Gasteiger partial charge is 0.246 e. The van der Waals surface area contributed by atoms with Gasteiger partial charge in [-0.2, -0.15) is 15.6 Å². The van der Waals surface area contributed by atoms with Gasteiger partial charge in [0.25, 0.3) is 0 Å². The summed E-state index contributed by atoms with van der Waals surface area (Å²) in [6, 6.07) is 2.02. The van der Waals surface area contributed by atoms with Crippen molar-refractivity contribution >= 4 is 21.4 Å². The first-order valence-electron chi connectivity index (χ1n) is 6.87. The Balaban J connectivity index is 1.76. The fourth-order valence-electron chi connectivity index (χ4n) is 2.29. The summed E-state index contributed by atoms with van der Waals surface area (Å²) in [6.07, 6.45) is 0.673. The summed E-state index contributed by atoms with van der Waals surface area (Å²) < 4.78 is 35.9. The molecule has 1 aliphatic heterocycles. The third-order valence-corrected chi connectivity index (χ3v) is 5.61. The van der Waals surface area contributed by atoms with E-state index in [0.29, 0.717) is 24.9 Å². The van der Waals surface area contributed by atoms with Crippen LogP contribution in [0, 0.1) is 0 Å². The first-order chi connectivity index (χ1) is 10.4. The lowest BCUT2D eigenvalue weighted by atomic mass is 10.1. The molecule has 120 valence electrons. The van der Waals surface area contributed by atoms with Crippen molar-refractivity contribution in [2.24, 2.45) is 0 Å². The van der Waals surface area contributed by atoms with Crippen LogP contribution >= 0.6 is 11.3 Å². The van der Waals surface area contributed by atoms with E-state index in [2.05, 4.69) is 10.2 Å². The molecule has 1 saturated heterocycles. The summed E-state index contributed by atoms with van der Waals surface area (Å²) in [5.74, 6) is 0.834. The Hall–Kier alpha value is -1.29. The minimum absolute atomic E-state index is 0.00195. The molecule has 0 N–H and O–H groups in total. The maximum absolute atomic E-state index is 11.6. The van der Waals surface area contributed by atoms with Gasteiger partial charge >= 0.3 is 0 Å². The molecule has 1 aliphatic rings. The maximum atomic E-state index is 11.6. The summed E-state index contributed by atoms with van der Waals surface area (Å²) in [5.41, 5.74) is 1.11. The van der Waals surface area contributed by atoms with Gasteiger partial charge < -0.3 is 9.15 Å². The van der Waals surface area contributed by atoms with Crippen LogP contribution in [0.5, 0.6) is 0 Å². The van der Waals surface area contributed by atoms with Crippen molar-refractivity contribution in [2.45, 2.75) is 18.9 Å². The second kappa shape index (κ2) is 6.07. The molecule has 0 aromatic carbocycles. The van der Waals surface area contributed by atoms with Crippen molar-refractivity contribution in [1.82, 2.24) is 14.5 Å². The first-order valence-corrected chi connectivity index (χ1v) is 9.66. The van der Waals surface area contributed by atoms with Crippen LogP contribution in [0.25, 0.3) is 0 Å². The van der Waals surface area contributed by atoms with Gasteiger partial charge in [0.15, 0.2) is 0 Å². The van der Waals surface area contributed by atoms with Crippen molar-refractivity contribution < 1.29 is 17.6 Å². The van der Waals surface area contributed by atoms with E-state index in [4.69, 9.17) is 9.15 Å². The Morgan fingerprint density at radius 3 is 2.95 bits per heavy atom. The SMILES string of the molecule is CC(c1ccsc1)c1nnc(C2CN(S(C)(=O)=O)CCO2)o1. The highest BCUT2D eigenvalue weighted by Gasteiger charge is 2.31. The predicted molar refractivity (Wildman–Crippen MR) is 81.2 cm³/mol. The second-order valence-corrected chi connectivity index (χ2v) is 8.00. The molecule has 0 radical (unpaired) electrons. The minimum Gasteiger partial charge on any atom is -0.422 e. The first kappa shape index (κ1) is 15.6. The predicted octanol–water partition coefficient (Wildman–Crippen LogP) is 1.62. The van der Waals surface area contributed by atoms with Crippen molar-refractivity contribution in [3.05, 3.63) is 34.2 Å². The molecule has 3 heterocycles. The van der Waals surface area contributed by atoms with E-state index >= 15 is 0 Å². The van der Waals surface area contributed by atoms with Crippen LogP contribution in [0.15, 0.2) is 21.2 Å². The van der Waals surface area contributed by atoms with Crippen LogP contribution in [-0.4, -0.2) is 48.9 Å². The molecule has 0 aliphatic carbocycles. The molecule has 2 aromatic rings. The summed E-state index contributed by atoms with van der Waals surface area (Å²) >= 11 is 1.61. The number of sulfonamides is 1. The molecule has 3 rings (SSSR count). The molecule has 0 spiro atoms. The van der Waals surface area contributed by atoms with Crippen LogP contribution in [0.2, 0.25) is 0 Å². The highest BCUT2D eigenvalue weighted by atomic mass is 32.2. The summed E-state index contributed by atoms with van der Waals surface area (Å²) in [4.78, 5) is 0. The Bertz CT molecular complexity index is 726. The van der Waals surface area contributed by atoms with Crippen LogP contribution < -0.4 is 0 Å². The number of aromatic nitrogens is 2. The van der Waals surface area contributed by atoms with E-state index in [9.17, 15) is 8.42 Å². The van der Waals surface area contributed by atoms with E-state index in [0.717, 1.165) is 5.56 Å². The number of hydrogen-bond acceptors (Lipinski definition) is 7. The number of thiophene rings is 1. The summed E-state index contributed by atoms with van der Waals surface area (Å²) in [6.45, 7) is 2.86. The van der Waals surface area contributed by atoms with Gasteiger partial charge in [0.05, 0.1) is 18.8 Å². The zero-order valence-electron chi connectivity index (χ0n) is 12.3. The molecule has 0 amide bonds. The number of morpholine rings is 1.